The Morgan fingerprint density at radius 1 is 1.00 bits per heavy atom. The third kappa shape index (κ3) is 6.15. The van der Waals surface area contributed by atoms with Crippen LogP contribution in [0.3, 0.4) is 0 Å². The number of anilines is 1. The largest absolute Gasteiger partial charge is 0.337 e. The van der Waals surface area contributed by atoms with Crippen LogP contribution in [-0.2, 0) is 9.84 Å². The molecule has 0 saturated heterocycles. The Morgan fingerprint density at radius 3 is 2.38 bits per heavy atom. The smallest absolute Gasteiger partial charge is 0.319 e. The van der Waals surface area contributed by atoms with E-state index in [0.717, 1.165) is 11.8 Å². The van der Waals surface area contributed by atoms with E-state index in [4.69, 9.17) is 0 Å². The molecule has 0 aromatic heterocycles. The lowest BCUT2D eigenvalue weighted by atomic mass is 10.1. The van der Waals surface area contributed by atoms with E-state index in [2.05, 4.69) is 22.5 Å². The van der Waals surface area contributed by atoms with Crippen molar-refractivity contribution in [3.63, 3.8) is 0 Å². The van der Waals surface area contributed by atoms with Gasteiger partial charge in [-0.2, -0.15) is 0 Å². The minimum Gasteiger partial charge on any atom is -0.337 e. The van der Waals surface area contributed by atoms with Crippen molar-refractivity contribution in [1.82, 2.24) is 5.32 Å². The Bertz CT molecular complexity index is 866. The van der Waals surface area contributed by atoms with E-state index in [1.54, 1.807) is 12.1 Å². The summed E-state index contributed by atoms with van der Waals surface area (Å²) in [5.74, 6) is 5.96. The average molecular weight is 342 g/mol. The number of amides is 2. The lowest BCUT2D eigenvalue weighted by molar-refractivity contribution is 0.252. The second-order valence-electron chi connectivity index (χ2n) is 5.17. The number of hydrogen-bond acceptors (Lipinski definition) is 3. The highest BCUT2D eigenvalue weighted by Crippen LogP contribution is 2.13. The number of carbonyl (C=O) groups is 1. The quantitative estimate of drug-likeness (QED) is 0.837. The molecule has 0 saturated carbocycles. The Kier molecular flexibility index (Phi) is 5.99. The Morgan fingerprint density at radius 2 is 1.67 bits per heavy atom. The number of para-hydroxylation sites is 1. The molecule has 0 fully saturated rings. The zero-order valence-corrected chi connectivity index (χ0v) is 14.1. The first-order valence-corrected chi connectivity index (χ1v) is 9.39. The van der Waals surface area contributed by atoms with E-state index < -0.39 is 15.9 Å². The van der Waals surface area contributed by atoms with Crippen molar-refractivity contribution in [3.8, 4) is 11.8 Å². The van der Waals surface area contributed by atoms with Crippen LogP contribution in [0.25, 0.3) is 0 Å². The van der Waals surface area contributed by atoms with E-state index in [1.807, 2.05) is 42.5 Å². The molecule has 0 aliphatic heterocycles. The summed E-state index contributed by atoms with van der Waals surface area (Å²) in [5.41, 5.74) is 2.13. The molecule has 2 N–H and O–H groups in total. The highest BCUT2D eigenvalue weighted by Gasteiger charge is 2.06. The number of rotatable bonds is 4. The Hall–Kier alpha value is -2.78. The maximum atomic E-state index is 11.9. The second-order valence-corrected chi connectivity index (χ2v) is 7.43. The van der Waals surface area contributed by atoms with Crippen molar-refractivity contribution >= 4 is 21.6 Å². The lowest BCUT2D eigenvalue weighted by Gasteiger charge is -2.08. The summed E-state index contributed by atoms with van der Waals surface area (Å²) < 4.78 is 22.1. The van der Waals surface area contributed by atoms with E-state index in [9.17, 15) is 13.2 Å². The molecule has 2 aromatic carbocycles. The van der Waals surface area contributed by atoms with Crippen LogP contribution >= 0.6 is 0 Å². The topological polar surface area (TPSA) is 75.3 Å². The van der Waals surface area contributed by atoms with Crippen LogP contribution in [-0.4, -0.2) is 33.0 Å². The molecule has 2 aromatic rings. The van der Waals surface area contributed by atoms with E-state index in [-0.39, 0.29) is 12.3 Å². The summed E-state index contributed by atoms with van der Waals surface area (Å²) in [6.07, 6.45) is 1.13. The van der Waals surface area contributed by atoms with Gasteiger partial charge in [0, 0.05) is 23.9 Å². The van der Waals surface area contributed by atoms with Crippen molar-refractivity contribution < 1.29 is 13.2 Å². The molecule has 2 amide bonds. The summed E-state index contributed by atoms with van der Waals surface area (Å²) >= 11 is 0. The third-order valence-corrected chi connectivity index (χ3v) is 3.99. The van der Waals surface area contributed by atoms with Crippen molar-refractivity contribution in [3.05, 3.63) is 65.7 Å². The van der Waals surface area contributed by atoms with Gasteiger partial charge in [0.15, 0.2) is 0 Å². The zero-order valence-electron chi connectivity index (χ0n) is 13.2. The highest BCUT2D eigenvalue weighted by molar-refractivity contribution is 7.90. The maximum Gasteiger partial charge on any atom is 0.319 e. The number of sulfone groups is 1. The predicted molar refractivity (Wildman–Crippen MR) is 95.6 cm³/mol. The maximum absolute atomic E-state index is 11.9. The van der Waals surface area contributed by atoms with Crippen LogP contribution in [0.15, 0.2) is 54.6 Å². The molecule has 5 nitrogen and oxygen atoms in total. The SMILES string of the molecule is CS(=O)(=O)CCNC(=O)Nc1ccccc1C#Cc1ccccc1. The number of hydrogen-bond donors (Lipinski definition) is 2. The van der Waals surface area contributed by atoms with Gasteiger partial charge in [-0.1, -0.05) is 42.2 Å². The van der Waals surface area contributed by atoms with E-state index >= 15 is 0 Å². The molecule has 0 unspecified atom stereocenters. The molecule has 24 heavy (non-hydrogen) atoms. The summed E-state index contributed by atoms with van der Waals surface area (Å²) in [7, 11) is -3.10. The van der Waals surface area contributed by atoms with Crippen molar-refractivity contribution in [2.24, 2.45) is 0 Å². The first kappa shape index (κ1) is 17.6. The van der Waals surface area contributed by atoms with Gasteiger partial charge in [0.1, 0.15) is 9.84 Å². The fourth-order valence-electron chi connectivity index (χ4n) is 1.88. The van der Waals surface area contributed by atoms with Crippen LogP contribution in [0.5, 0.6) is 0 Å². The van der Waals surface area contributed by atoms with Gasteiger partial charge in [-0.3, -0.25) is 0 Å². The van der Waals surface area contributed by atoms with Crippen LogP contribution in [0.2, 0.25) is 0 Å². The molecular formula is C18H18N2O3S. The third-order valence-electron chi connectivity index (χ3n) is 3.05. The minimum atomic E-state index is -3.10. The van der Waals surface area contributed by atoms with Crippen molar-refractivity contribution in [2.45, 2.75) is 0 Å². The molecule has 6 heteroatoms. The summed E-state index contributed by atoms with van der Waals surface area (Å²) in [4.78, 5) is 11.9. The molecule has 0 aliphatic rings. The Balaban J connectivity index is 2.04. The van der Waals surface area contributed by atoms with Gasteiger partial charge in [-0.25, -0.2) is 13.2 Å². The fraction of sp³-hybridized carbons (Fsp3) is 0.167. The molecule has 0 heterocycles. The monoisotopic (exact) mass is 342 g/mol. The molecular weight excluding hydrogens is 324 g/mol. The van der Waals surface area contributed by atoms with Crippen LogP contribution in [0.4, 0.5) is 10.5 Å². The normalized spacial score (nSPS) is 10.4. The van der Waals surface area contributed by atoms with E-state index in [1.165, 1.54) is 0 Å². The van der Waals surface area contributed by atoms with Crippen LogP contribution in [0.1, 0.15) is 11.1 Å². The number of urea groups is 1. The molecule has 2 rings (SSSR count). The van der Waals surface area contributed by atoms with E-state index in [0.29, 0.717) is 11.3 Å². The van der Waals surface area contributed by atoms with Crippen LogP contribution < -0.4 is 10.6 Å². The minimum absolute atomic E-state index is 0.0581. The van der Waals surface area contributed by atoms with Crippen LogP contribution in [0, 0.1) is 11.8 Å². The number of carbonyl (C=O) groups excluding carboxylic acids is 1. The summed E-state index contributed by atoms with van der Waals surface area (Å²) in [6.45, 7) is 0.0581. The van der Waals surface area contributed by atoms with Crippen molar-refractivity contribution in [1.29, 1.82) is 0 Å². The van der Waals surface area contributed by atoms with Gasteiger partial charge in [-0.15, -0.1) is 0 Å². The number of nitrogens with one attached hydrogen (secondary N) is 2. The first-order chi connectivity index (χ1) is 11.4. The lowest BCUT2D eigenvalue weighted by Crippen LogP contribution is -2.32. The predicted octanol–water partition coefficient (Wildman–Crippen LogP) is 2.25. The Labute approximate surface area is 142 Å². The average Bonchev–Trinajstić information content (AvgIpc) is 2.54. The van der Waals surface area contributed by atoms with Gasteiger partial charge in [0.2, 0.25) is 0 Å². The van der Waals surface area contributed by atoms with Gasteiger partial charge in [0.25, 0.3) is 0 Å². The molecule has 0 radical (unpaired) electrons. The fourth-order valence-corrected chi connectivity index (χ4v) is 2.35. The molecule has 0 atom stereocenters. The number of benzene rings is 2. The zero-order chi connectivity index (χ0) is 17.4. The summed E-state index contributed by atoms with van der Waals surface area (Å²) in [5, 5.41) is 5.20. The van der Waals surface area contributed by atoms with Gasteiger partial charge < -0.3 is 10.6 Å². The first-order valence-electron chi connectivity index (χ1n) is 7.33. The molecule has 0 bridgehead atoms. The van der Waals surface area contributed by atoms with Gasteiger partial charge in [0.05, 0.1) is 11.4 Å². The molecule has 0 aliphatic carbocycles. The standard InChI is InChI=1S/C18H18N2O3S/c1-24(22,23)14-13-19-18(21)20-17-10-6-5-9-16(17)12-11-15-7-3-2-4-8-15/h2-10H,13-14H2,1H3,(H2,19,20,21). The summed E-state index contributed by atoms with van der Waals surface area (Å²) in [6, 6.07) is 16.2. The van der Waals surface area contributed by atoms with Gasteiger partial charge in [-0.05, 0) is 24.3 Å². The second kappa shape index (κ2) is 8.18. The highest BCUT2D eigenvalue weighted by atomic mass is 32.2. The van der Waals surface area contributed by atoms with Crippen molar-refractivity contribution in [2.75, 3.05) is 23.9 Å². The molecule has 0 spiro atoms. The molecule has 124 valence electrons. The van der Waals surface area contributed by atoms with Gasteiger partial charge >= 0.3 is 6.03 Å².